The van der Waals surface area contributed by atoms with Crippen molar-refractivity contribution in [1.29, 1.82) is 0 Å². The van der Waals surface area contributed by atoms with Gasteiger partial charge in [-0.25, -0.2) is 0 Å². The van der Waals surface area contributed by atoms with Crippen LogP contribution in [0.15, 0.2) is 11.1 Å². The number of allylic oxidation sites excluding steroid dienone is 2. The Morgan fingerprint density at radius 2 is 2.00 bits per heavy atom. The molecule has 126 valence electrons. The number of carbonyl (C=O) groups excluding carboxylic acids is 1. The average molecular weight is 322 g/mol. The van der Waals surface area contributed by atoms with Crippen molar-refractivity contribution in [3.8, 4) is 24.2 Å². The molecule has 2 nitrogen and oxygen atoms in total. The van der Waals surface area contributed by atoms with Gasteiger partial charge in [0.05, 0.1) is 0 Å². The maximum absolute atomic E-state index is 11.8. The molecule has 2 heteroatoms. The first kappa shape index (κ1) is 16.0. The van der Waals surface area contributed by atoms with E-state index in [2.05, 4.69) is 24.7 Å². The number of Topliss-reactive ketones (excluding diaryl/α,β-unsaturated/α-hetero) is 1. The number of fused-ring (bicyclic) bond motifs is 4. The number of terminal acetylenes is 1. The number of hydrogen-bond donors (Lipinski definition) is 1. The number of carbonyl (C=O) groups is 1. The minimum Gasteiger partial charge on any atom is -0.377 e. The summed E-state index contributed by atoms with van der Waals surface area (Å²) >= 11 is 0. The molecule has 2 fully saturated rings. The van der Waals surface area contributed by atoms with Crippen LogP contribution in [0.2, 0.25) is 0 Å². The van der Waals surface area contributed by atoms with Gasteiger partial charge in [0.15, 0.2) is 0 Å². The van der Waals surface area contributed by atoms with Gasteiger partial charge in [0, 0.05) is 18.3 Å². The van der Waals surface area contributed by atoms with Crippen LogP contribution in [0.25, 0.3) is 0 Å². The first-order chi connectivity index (χ1) is 11.5. The van der Waals surface area contributed by atoms with Gasteiger partial charge in [-0.15, -0.1) is 6.42 Å². The Bertz CT molecular complexity index is 712. The molecule has 0 radical (unpaired) electrons. The fourth-order valence-corrected chi connectivity index (χ4v) is 6.41. The van der Waals surface area contributed by atoms with Crippen LogP contribution >= 0.6 is 0 Å². The summed E-state index contributed by atoms with van der Waals surface area (Å²) in [6, 6.07) is 0. The van der Waals surface area contributed by atoms with Gasteiger partial charge >= 0.3 is 0 Å². The van der Waals surface area contributed by atoms with E-state index in [1.54, 1.807) is 5.57 Å². The van der Waals surface area contributed by atoms with Crippen LogP contribution < -0.4 is 0 Å². The Labute approximate surface area is 145 Å². The number of aliphatic hydroxyl groups is 1. The lowest BCUT2D eigenvalue weighted by atomic mass is 9.52. The van der Waals surface area contributed by atoms with Gasteiger partial charge in [-0.1, -0.05) is 24.0 Å². The Morgan fingerprint density at radius 3 is 2.79 bits per heavy atom. The summed E-state index contributed by atoms with van der Waals surface area (Å²) in [6.45, 7) is 2.24. The Balaban J connectivity index is 1.65. The summed E-state index contributed by atoms with van der Waals surface area (Å²) in [5.74, 6) is 10.3. The maximum atomic E-state index is 11.8. The van der Waals surface area contributed by atoms with Gasteiger partial charge in [0.1, 0.15) is 11.4 Å². The lowest BCUT2D eigenvalue weighted by molar-refractivity contribution is -0.119. The van der Waals surface area contributed by atoms with Gasteiger partial charge in [-0.05, 0) is 74.5 Å². The van der Waals surface area contributed by atoms with E-state index in [0.29, 0.717) is 30.0 Å². The minimum absolute atomic E-state index is 0.138. The lowest BCUT2D eigenvalue weighted by Crippen LogP contribution is -2.51. The molecule has 2 saturated carbocycles. The third-order valence-corrected chi connectivity index (χ3v) is 7.70. The molecule has 4 aliphatic carbocycles. The number of rotatable bonds is 0. The SMILES string of the molecule is C#CC#C[C@]1(O)CC[C@H]2[C@@H]3CCC4=C(CCC(=O)C4)[C@H]3CC[C@@]21C. The van der Waals surface area contributed by atoms with Crippen LogP contribution in [-0.2, 0) is 4.79 Å². The Hall–Kier alpha value is -1.51. The highest BCUT2D eigenvalue weighted by Gasteiger charge is 2.61. The fourth-order valence-electron chi connectivity index (χ4n) is 6.41. The van der Waals surface area contributed by atoms with E-state index in [-0.39, 0.29) is 5.41 Å². The highest BCUT2D eigenvalue weighted by Crippen LogP contribution is 2.64. The predicted molar refractivity (Wildman–Crippen MR) is 93.7 cm³/mol. The average Bonchev–Trinajstić information content (AvgIpc) is 2.84. The quantitative estimate of drug-likeness (QED) is 0.546. The highest BCUT2D eigenvalue weighted by atomic mass is 16.3. The molecule has 4 aliphatic rings. The van der Waals surface area contributed by atoms with E-state index < -0.39 is 5.60 Å². The molecular formula is C22H26O2. The summed E-state index contributed by atoms with van der Waals surface area (Å²) in [6.07, 6.45) is 13.9. The Morgan fingerprint density at radius 1 is 1.17 bits per heavy atom. The first-order valence-corrected chi connectivity index (χ1v) is 9.41. The van der Waals surface area contributed by atoms with Gasteiger partial charge in [0.25, 0.3) is 0 Å². The summed E-state index contributed by atoms with van der Waals surface area (Å²) in [5.41, 5.74) is 2.00. The summed E-state index contributed by atoms with van der Waals surface area (Å²) in [5, 5.41) is 11.2. The van der Waals surface area contributed by atoms with E-state index >= 15 is 0 Å². The molecule has 0 heterocycles. The zero-order valence-electron chi connectivity index (χ0n) is 14.5. The highest BCUT2D eigenvalue weighted by molar-refractivity contribution is 5.82. The van der Waals surface area contributed by atoms with Crippen molar-refractivity contribution in [2.75, 3.05) is 0 Å². The van der Waals surface area contributed by atoms with Crippen molar-refractivity contribution in [1.82, 2.24) is 0 Å². The van der Waals surface area contributed by atoms with Gasteiger partial charge < -0.3 is 5.11 Å². The molecule has 4 rings (SSSR count). The van der Waals surface area contributed by atoms with Crippen molar-refractivity contribution in [3.63, 3.8) is 0 Å². The molecule has 0 unspecified atom stereocenters. The molecular weight excluding hydrogens is 296 g/mol. The van der Waals surface area contributed by atoms with Crippen molar-refractivity contribution < 1.29 is 9.90 Å². The Kier molecular flexibility index (Phi) is 3.67. The molecule has 0 saturated heterocycles. The van der Waals surface area contributed by atoms with Crippen molar-refractivity contribution in [3.05, 3.63) is 11.1 Å². The molecule has 24 heavy (non-hydrogen) atoms. The molecule has 0 amide bonds. The zero-order valence-corrected chi connectivity index (χ0v) is 14.5. The van der Waals surface area contributed by atoms with E-state index in [4.69, 9.17) is 6.42 Å². The normalized spacial score (nSPS) is 43.9. The molecule has 0 aliphatic heterocycles. The molecule has 0 spiro atoms. The topological polar surface area (TPSA) is 37.3 Å². The van der Waals surface area contributed by atoms with Crippen LogP contribution in [-0.4, -0.2) is 16.5 Å². The predicted octanol–water partition coefficient (Wildman–Crippen LogP) is 3.64. The van der Waals surface area contributed by atoms with Gasteiger partial charge in [0.2, 0.25) is 0 Å². The van der Waals surface area contributed by atoms with Crippen LogP contribution in [0.1, 0.15) is 64.7 Å². The lowest BCUT2D eigenvalue weighted by Gasteiger charge is -2.53. The van der Waals surface area contributed by atoms with E-state index in [1.807, 2.05) is 0 Å². The number of hydrogen-bond acceptors (Lipinski definition) is 2. The second-order valence-electron chi connectivity index (χ2n) is 8.51. The largest absolute Gasteiger partial charge is 0.377 e. The van der Waals surface area contributed by atoms with E-state index in [9.17, 15) is 9.90 Å². The van der Waals surface area contributed by atoms with E-state index in [1.165, 1.54) is 12.0 Å². The molecule has 0 bridgehead atoms. The third kappa shape index (κ3) is 2.13. The van der Waals surface area contributed by atoms with Crippen LogP contribution in [0.4, 0.5) is 0 Å². The third-order valence-electron chi connectivity index (χ3n) is 7.70. The van der Waals surface area contributed by atoms with Crippen molar-refractivity contribution in [2.45, 2.75) is 70.3 Å². The monoisotopic (exact) mass is 322 g/mol. The second kappa shape index (κ2) is 5.50. The van der Waals surface area contributed by atoms with Gasteiger partial charge in [-0.2, -0.15) is 0 Å². The second-order valence-corrected chi connectivity index (χ2v) is 8.51. The van der Waals surface area contributed by atoms with Crippen LogP contribution in [0.5, 0.6) is 0 Å². The zero-order chi connectivity index (χ0) is 16.9. The van der Waals surface area contributed by atoms with Crippen LogP contribution in [0.3, 0.4) is 0 Å². The fraction of sp³-hybridized carbons (Fsp3) is 0.682. The van der Waals surface area contributed by atoms with Gasteiger partial charge in [-0.3, -0.25) is 4.79 Å². The minimum atomic E-state index is -0.924. The number of ketones is 1. The smallest absolute Gasteiger partial charge is 0.137 e. The maximum Gasteiger partial charge on any atom is 0.137 e. The first-order valence-electron chi connectivity index (χ1n) is 9.41. The molecule has 0 aromatic carbocycles. The van der Waals surface area contributed by atoms with Crippen molar-refractivity contribution >= 4 is 5.78 Å². The van der Waals surface area contributed by atoms with E-state index in [0.717, 1.165) is 44.9 Å². The summed E-state index contributed by atoms with van der Waals surface area (Å²) < 4.78 is 0. The van der Waals surface area contributed by atoms with Crippen LogP contribution in [0, 0.1) is 47.4 Å². The standard InChI is InChI=1S/C22H26O2/c1-3-4-11-22(24)13-10-20-19-7-5-15-14-16(23)6-8-17(15)18(19)9-12-21(20,22)2/h1,18-20,24H,5-10,12-14H2,2H3/t18-,19-,20+,21+,22+/m1/s1. The molecule has 5 atom stereocenters. The summed E-state index contributed by atoms with van der Waals surface area (Å²) in [4.78, 5) is 11.8. The molecule has 0 aromatic heterocycles. The van der Waals surface area contributed by atoms with Crippen molar-refractivity contribution in [2.24, 2.45) is 23.2 Å². The molecule has 1 N–H and O–H groups in total. The molecule has 0 aromatic rings. The summed E-state index contributed by atoms with van der Waals surface area (Å²) in [7, 11) is 0.